The standard InChI is InChI=1S/C34H40Cl2N2O3/c1-34(2,3)27-17-10-11-20-31(27)41-23-32(39)38(22-26-28(35)18-12-19-29(26)36)30(21-24-13-6-4-7-14-24)33(40)37-25-15-8-5-9-16-25/h4,6-7,10-14,17-20,25,30H,5,8-9,15-16,21-23H2,1-3H3,(H,37,40). The highest BCUT2D eigenvalue weighted by Crippen LogP contribution is 2.32. The van der Waals surface area contributed by atoms with Crippen molar-refractivity contribution in [3.05, 3.63) is 99.5 Å². The smallest absolute Gasteiger partial charge is 0.261 e. The number of para-hydroxylation sites is 1. The number of nitrogens with one attached hydrogen (secondary N) is 1. The lowest BCUT2D eigenvalue weighted by Gasteiger charge is -2.34. The van der Waals surface area contributed by atoms with E-state index in [0.717, 1.165) is 36.8 Å². The van der Waals surface area contributed by atoms with Crippen LogP contribution in [0.5, 0.6) is 5.75 Å². The van der Waals surface area contributed by atoms with Crippen LogP contribution >= 0.6 is 23.2 Å². The zero-order valence-electron chi connectivity index (χ0n) is 24.2. The van der Waals surface area contributed by atoms with Crippen LogP contribution < -0.4 is 10.1 Å². The molecule has 0 bridgehead atoms. The predicted octanol–water partition coefficient (Wildman–Crippen LogP) is 7.76. The Morgan fingerprint density at radius 1 is 0.902 bits per heavy atom. The summed E-state index contributed by atoms with van der Waals surface area (Å²) in [5.41, 5.74) is 2.39. The van der Waals surface area contributed by atoms with Crippen LogP contribution in [0.15, 0.2) is 72.8 Å². The van der Waals surface area contributed by atoms with Crippen molar-refractivity contribution in [2.45, 2.75) is 83.3 Å². The van der Waals surface area contributed by atoms with Crippen LogP contribution in [0.2, 0.25) is 10.0 Å². The molecule has 41 heavy (non-hydrogen) atoms. The molecule has 5 nitrogen and oxygen atoms in total. The van der Waals surface area contributed by atoms with Gasteiger partial charge in [0.05, 0.1) is 0 Å². The number of hydrogen-bond acceptors (Lipinski definition) is 3. The molecule has 0 spiro atoms. The second kappa shape index (κ2) is 14.2. The lowest BCUT2D eigenvalue weighted by atomic mass is 9.86. The molecule has 7 heteroatoms. The number of hydrogen-bond donors (Lipinski definition) is 1. The van der Waals surface area contributed by atoms with Gasteiger partial charge in [-0.3, -0.25) is 9.59 Å². The number of rotatable bonds is 10. The quantitative estimate of drug-likeness (QED) is 0.261. The van der Waals surface area contributed by atoms with E-state index in [-0.39, 0.29) is 36.4 Å². The summed E-state index contributed by atoms with van der Waals surface area (Å²) in [5, 5.41) is 4.14. The maximum atomic E-state index is 14.1. The Hall–Kier alpha value is -3.02. The molecule has 218 valence electrons. The zero-order valence-corrected chi connectivity index (χ0v) is 25.7. The number of nitrogens with zero attached hydrogens (tertiary/aromatic N) is 1. The van der Waals surface area contributed by atoms with Gasteiger partial charge >= 0.3 is 0 Å². The van der Waals surface area contributed by atoms with E-state index in [2.05, 4.69) is 26.1 Å². The molecule has 3 aromatic rings. The maximum Gasteiger partial charge on any atom is 0.261 e. The van der Waals surface area contributed by atoms with Crippen molar-refractivity contribution in [1.82, 2.24) is 10.2 Å². The number of benzene rings is 3. The summed E-state index contributed by atoms with van der Waals surface area (Å²) in [6.45, 7) is 6.17. The molecule has 1 N–H and O–H groups in total. The van der Waals surface area contributed by atoms with Gasteiger partial charge in [0, 0.05) is 34.6 Å². The lowest BCUT2D eigenvalue weighted by Crippen LogP contribution is -2.53. The first kappa shape index (κ1) is 30.9. The Labute approximate surface area is 254 Å². The minimum Gasteiger partial charge on any atom is -0.483 e. The predicted molar refractivity (Wildman–Crippen MR) is 167 cm³/mol. The van der Waals surface area contributed by atoms with Gasteiger partial charge in [-0.25, -0.2) is 0 Å². The average molecular weight is 596 g/mol. The second-order valence-corrected chi connectivity index (χ2v) is 12.6. The summed E-state index contributed by atoms with van der Waals surface area (Å²) in [4.78, 5) is 29.6. The Balaban J connectivity index is 1.67. The molecule has 0 aromatic heterocycles. The maximum absolute atomic E-state index is 14.1. The van der Waals surface area contributed by atoms with E-state index in [9.17, 15) is 9.59 Å². The zero-order chi connectivity index (χ0) is 29.4. The van der Waals surface area contributed by atoms with E-state index in [1.807, 2.05) is 54.6 Å². The molecule has 4 rings (SSSR count). The van der Waals surface area contributed by atoms with Crippen molar-refractivity contribution < 1.29 is 14.3 Å². The van der Waals surface area contributed by atoms with Crippen molar-refractivity contribution in [2.75, 3.05) is 6.61 Å². The average Bonchev–Trinajstić information content (AvgIpc) is 2.95. The largest absolute Gasteiger partial charge is 0.483 e. The first-order valence-electron chi connectivity index (χ1n) is 14.4. The fraction of sp³-hybridized carbons (Fsp3) is 0.412. The minimum absolute atomic E-state index is 0.0806. The second-order valence-electron chi connectivity index (χ2n) is 11.8. The molecule has 1 unspecified atom stereocenters. The molecule has 0 radical (unpaired) electrons. The molecule has 1 saturated carbocycles. The third-order valence-corrected chi connectivity index (χ3v) is 8.37. The fourth-order valence-corrected chi connectivity index (χ4v) is 5.90. The van der Waals surface area contributed by atoms with Crippen LogP contribution in [0.3, 0.4) is 0 Å². The van der Waals surface area contributed by atoms with E-state index in [1.165, 1.54) is 6.42 Å². The molecule has 1 aliphatic rings. The summed E-state index contributed by atoms with van der Waals surface area (Å²) < 4.78 is 6.15. The molecule has 2 amide bonds. The molecule has 1 aliphatic carbocycles. The van der Waals surface area contributed by atoms with Gasteiger partial charge in [-0.2, -0.15) is 0 Å². The Morgan fingerprint density at radius 2 is 1.54 bits per heavy atom. The van der Waals surface area contributed by atoms with Gasteiger partial charge in [-0.1, -0.05) is 118 Å². The highest BCUT2D eigenvalue weighted by molar-refractivity contribution is 6.36. The normalized spacial score (nSPS) is 14.8. The molecule has 0 heterocycles. The summed E-state index contributed by atoms with van der Waals surface area (Å²) >= 11 is 13.1. The Bertz CT molecular complexity index is 1300. The summed E-state index contributed by atoms with van der Waals surface area (Å²) in [7, 11) is 0. The van der Waals surface area contributed by atoms with E-state index < -0.39 is 6.04 Å². The van der Waals surface area contributed by atoms with Crippen LogP contribution in [0.4, 0.5) is 0 Å². The van der Waals surface area contributed by atoms with Crippen LogP contribution in [-0.4, -0.2) is 35.4 Å². The van der Waals surface area contributed by atoms with Gasteiger partial charge in [0.25, 0.3) is 5.91 Å². The summed E-state index contributed by atoms with van der Waals surface area (Å²) in [5.74, 6) is 0.159. The van der Waals surface area contributed by atoms with E-state index in [0.29, 0.717) is 27.8 Å². The third-order valence-electron chi connectivity index (χ3n) is 7.66. The highest BCUT2D eigenvalue weighted by Gasteiger charge is 2.33. The van der Waals surface area contributed by atoms with Crippen LogP contribution in [0.1, 0.15) is 69.6 Å². The van der Waals surface area contributed by atoms with Gasteiger partial charge in [0.2, 0.25) is 5.91 Å². The van der Waals surface area contributed by atoms with Gasteiger partial charge in [0.15, 0.2) is 6.61 Å². The summed E-state index contributed by atoms with van der Waals surface area (Å²) in [6, 6.07) is 22.1. The van der Waals surface area contributed by atoms with Crippen molar-refractivity contribution >= 4 is 35.0 Å². The van der Waals surface area contributed by atoms with Gasteiger partial charge in [-0.05, 0) is 47.6 Å². The number of ether oxygens (including phenoxy) is 1. The van der Waals surface area contributed by atoms with Crippen molar-refractivity contribution in [2.24, 2.45) is 0 Å². The number of carbonyl (C=O) groups is 2. The summed E-state index contributed by atoms with van der Waals surface area (Å²) in [6.07, 6.45) is 5.61. The van der Waals surface area contributed by atoms with E-state index >= 15 is 0 Å². The van der Waals surface area contributed by atoms with Crippen molar-refractivity contribution in [3.63, 3.8) is 0 Å². The molecule has 0 aliphatic heterocycles. The molecule has 3 aromatic carbocycles. The minimum atomic E-state index is -0.777. The SMILES string of the molecule is CC(C)(C)c1ccccc1OCC(=O)N(Cc1c(Cl)cccc1Cl)C(Cc1ccccc1)C(=O)NC1CCCCC1. The molecular formula is C34H40Cl2N2O3. The third kappa shape index (κ3) is 8.50. The van der Waals surface area contributed by atoms with Crippen molar-refractivity contribution in [3.8, 4) is 5.75 Å². The van der Waals surface area contributed by atoms with Gasteiger partial charge in [-0.15, -0.1) is 0 Å². The van der Waals surface area contributed by atoms with Crippen LogP contribution in [0.25, 0.3) is 0 Å². The fourth-order valence-electron chi connectivity index (χ4n) is 5.39. The van der Waals surface area contributed by atoms with Crippen molar-refractivity contribution in [1.29, 1.82) is 0 Å². The van der Waals surface area contributed by atoms with E-state index in [4.69, 9.17) is 27.9 Å². The van der Waals surface area contributed by atoms with Gasteiger partial charge in [0.1, 0.15) is 11.8 Å². The van der Waals surface area contributed by atoms with Gasteiger partial charge < -0.3 is 15.0 Å². The number of amides is 2. The monoisotopic (exact) mass is 594 g/mol. The molecular weight excluding hydrogens is 555 g/mol. The van der Waals surface area contributed by atoms with Crippen LogP contribution in [0, 0.1) is 0 Å². The Morgan fingerprint density at radius 3 is 2.20 bits per heavy atom. The van der Waals surface area contributed by atoms with Crippen LogP contribution in [-0.2, 0) is 28.0 Å². The number of carbonyl (C=O) groups excluding carboxylic acids is 2. The first-order chi connectivity index (χ1) is 19.6. The highest BCUT2D eigenvalue weighted by atomic mass is 35.5. The topological polar surface area (TPSA) is 58.6 Å². The molecule has 0 saturated heterocycles. The van der Waals surface area contributed by atoms with E-state index in [1.54, 1.807) is 23.1 Å². The lowest BCUT2D eigenvalue weighted by molar-refractivity contribution is -0.143. The molecule has 1 fully saturated rings. The molecule has 1 atom stereocenters. The first-order valence-corrected chi connectivity index (χ1v) is 15.2. The Kier molecular flexibility index (Phi) is 10.7. The number of halogens is 2.